The lowest BCUT2D eigenvalue weighted by Crippen LogP contribution is -2.30. The molecule has 124 valence electrons. The van der Waals surface area contributed by atoms with E-state index < -0.39 is 10.0 Å². The number of anilines is 1. The summed E-state index contributed by atoms with van der Waals surface area (Å²) in [5, 5.41) is 3.75. The Balaban J connectivity index is 2.09. The summed E-state index contributed by atoms with van der Waals surface area (Å²) in [6, 6.07) is 8.68. The highest BCUT2D eigenvalue weighted by Gasteiger charge is 2.21. The highest BCUT2D eigenvalue weighted by Crippen LogP contribution is 2.21. The number of hydrogen-bond donors (Lipinski definition) is 1. The Hall–Kier alpha value is -1.63. The zero-order valence-electron chi connectivity index (χ0n) is 13.2. The summed E-state index contributed by atoms with van der Waals surface area (Å²) in [7, 11) is -3.41. The zero-order chi connectivity index (χ0) is 16.9. The summed E-state index contributed by atoms with van der Waals surface area (Å²) in [6.07, 6.45) is 3.23. The van der Waals surface area contributed by atoms with Crippen molar-refractivity contribution in [3.8, 4) is 0 Å². The summed E-state index contributed by atoms with van der Waals surface area (Å²) in [5.74, 6) is 0. The van der Waals surface area contributed by atoms with Crippen LogP contribution in [0.15, 0.2) is 47.6 Å². The quantitative estimate of drug-likeness (QED) is 0.828. The first kappa shape index (κ1) is 17.7. The van der Waals surface area contributed by atoms with Gasteiger partial charge in [0.25, 0.3) is 0 Å². The van der Waals surface area contributed by atoms with E-state index in [2.05, 4.69) is 10.3 Å². The molecule has 0 saturated carbocycles. The molecule has 0 unspecified atom stereocenters. The number of aromatic nitrogens is 1. The van der Waals surface area contributed by atoms with Gasteiger partial charge in [-0.2, -0.15) is 4.31 Å². The molecule has 0 spiro atoms. The first-order valence-corrected chi connectivity index (χ1v) is 9.23. The van der Waals surface area contributed by atoms with Gasteiger partial charge in [0.15, 0.2) is 0 Å². The predicted octanol–water partition coefficient (Wildman–Crippen LogP) is 3.38. The molecule has 1 heterocycles. The molecule has 0 radical (unpaired) electrons. The van der Waals surface area contributed by atoms with Gasteiger partial charge in [-0.1, -0.05) is 37.6 Å². The van der Waals surface area contributed by atoms with Crippen LogP contribution < -0.4 is 5.32 Å². The van der Waals surface area contributed by atoms with Crippen molar-refractivity contribution in [3.05, 3.63) is 53.3 Å². The molecule has 0 aliphatic rings. The van der Waals surface area contributed by atoms with Gasteiger partial charge in [0.1, 0.15) is 0 Å². The predicted molar refractivity (Wildman–Crippen MR) is 93.1 cm³/mol. The van der Waals surface area contributed by atoms with Crippen LogP contribution in [0.4, 0.5) is 5.69 Å². The van der Waals surface area contributed by atoms with Crippen molar-refractivity contribution >= 4 is 27.3 Å². The second-order valence-electron chi connectivity index (χ2n) is 4.94. The maximum atomic E-state index is 12.4. The van der Waals surface area contributed by atoms with Crippen LogP contribution in [0.3, 0.4) is 0 Å². The largest absolute Gasteiger partial charge is 0.380 e. The highest BCUT2D eigenvalue weighted by molar-refractivity contribution is 7.89. The minimum absolute atomic E-state index is 0.312. The molecule has 23 heavy (non-hydrogen) atoms. The smallest absolute Gasteiger partial charge is 0.243 e. The normalized spacial score (nSPS) is 11.7. The van der Waals surface area contributed by atoms with Crippen molar-refractivity contribution in [2.45, 2.75) is 25.3 Å². The fraction of sp³-hybridized carbons (Fsp3) is 0.312. The summed E-state index contributed by atoms with van der Waals surface area (Å²) in [5.41, 5.74) is 1.76. The van der Waals surface area contributed by atoms with Gasteiger partial charge in [-0.05, 0) is 23.8 Å². The number of nitrogens with one attached hydrogen (secondary N) is 1. The van der Waals surface area contributed by atoms with E-state index in [1.807, 2.05) is 13.8 Å². The lowest BCUT2D eigenvalue weighted by Gasteiger charge is -2.18. The van der Waals surface area contributed by atoms with Gasteiger partial charge in [-0.3, -0.25) is 4.98 Å². The summed E-state index contributed by atoms with van der Waals surface area (Å²) in [6.45, 7) is 5.14. The number of pyridine rings is 1. The van der Waals surface area contributed by atoms with E-state index in [0.29, 0.717) is 29.6 Å². The Morgan fingerprint density at radius 2 is 1.78 bits per heavy atom. The van der Waals surface area contributed by atoms with Crippen molar-refractivity contribution in [2.75, 3.05) is 18.4 Å². The lowest BCUT2D eigenvalue weighted by molar-refractivity contribution is 0.445. The van der Waals surface area contributed by atoms with Crippen LogP contribution in [0.5, 0.6) is 0 Å². The second-order valence-corrected chi connectivity index (χ2v) is 7.29. The van der Waals surface area contributed by atoms with Crippen LogP contribution in [0, 0.1) is 0 Å². The molecule has 0 aliphatic carbocycles. The Morgan fingerprint density at radius 3 is 2.35 bits per heavy atom. The minimum Gasteiger partial charge on any atom is -0.380 e. The number of rotatable bonds is 7. The molecule has 5 nitrogen and oxygen atoms in total. The first-order valence-electron chi connectivity index (χ1n) is 7.41. The maximum Gasteiger partial charge on any atom is 0.243 e. The molecule has 2 aromatic rings. The molecule has 1 N–H and O–H groups in total. The van der Waals surface area contributed by atoms with Crippen LogP contribution in [-0.2, 0) is 16.6 Å². The molecule has 2 rings (SSSR count). The van der Waals surface area contributed by atoms with E-state index in [9.17, 15) is 8.42 Å². The number of hydrogen-bond acceptors (Lipinski definition) is 4. The van der Waals surface area contributed by atoms with E-state index in [0.717, 1.165) is 11.3 Å². The second kappa shape index (κ2) is 7.77. The number of nitrogens with zero attached hydrogens (tertiary/aromatic N) is 2. The molecular formula is C16H20ClN3O2S. The molecule has 0 amide bonds. The third-order valence-electron chi connectivity index (χ3n) is 3.52. The molecular weight excluding hydrogens is 334 g/mol. The molecule has 0 atom stereocenters. The van der Waals surface area contributed by atoms with Crippen LogP contribution >= 0.6 is 11.6 Å². The van der Waals surface area contributed by atoms with Gasteiger partial charge < -0.3 is 5.32 Å². The average Bonchev–Trinajstić information content (AvgIpc) is 2.55. The van der Waals surface area contributed by atoms with Gasteiger partial charge in [-0.25, -0.2) is 8.42 Å². The van der Waals surface area contributed by atoms with Gasteiger partial charge in [0.05, 0.1) is 15.6 Å². The molecule has 7 heteroatoms. The molecule has 0 fully saturated rings. The summed E-state index contributed by atoms with van der Waals surface area (Å²) < 4.78 is 26.3. The third kappa shape index (κ3) is 4.22. The van der Waals surface area contributed by atoms with Crippen LogP contribution in [0.25, 0.3) is 0 Å². The molecule has 1 aromatic carbocycles. The van der Waals surface area contributed by atoms with E-state index in [1.165, 1.54) is 4.31 Å². The Labute approximate surface area is 142 Å². The summed E-state index contributed by atoms with van der Waals surface area (Å²) >= 11 is 6.03. The molecule has 0 aliphatic heterocycles. The van der Waals surface area contributed by atoms with Crippen molar-refractivity contribution in [1.29, 1.82) is 0 Å². The van der Waals surface area contributed by atoms with Crippen molar-refractivity contribution < 1.29 is 8.42 Å². The maximum absolute atomic E-state index is 12.4. The Kier molecular flexibility index (Phi) is 5.98. The lowest BCUT2D eigenvalue weighted by atomic mass is 10.2. The van der Waals surface area contributed by atoms with Gasteiger partial charge in [-0.15, -0.1) is 0 Å². The van der Waals surface area contributed by atoms with Crippen LogP contribution in [0.1, 0.15) is 19.4 Å². The van der Waals surface area contributed by atoms with E-state index in [-0.39, 0.29) is 0 Å². The SMILES string of the molecule is CCN(CC)S(=O)(=O)c1ccc(CNc2ccncc2Cl)cc1. The summed E-state index contributed by atoms with van der Waals surface area (Å²) in [4.78, 5) is 4.24. The number of benzene rings is 1. The first-order chi connectivity index (χ1) is 11.0. The number of sulfonamides is 1. The fourth-order valence-corrected chi connectivity index (χ4v) is 3.85. The topological polar surface area (TPSA) is 62.3 Å². The monoisotopic (exact) mass is 353 g/mol. The molecule has 0 saturated heterocycles. The third-order valence-corrected chi connectivity index (χ3v) is 5.89. The van der Waals surface area contributed by atoms with E-state index in [1.54, 1.807) is 42.7 Å². The number of halogens is 1. The van der Waals surface area contributed by atoms with Crippen molar-refractivity contribution in [3.63, 3.8) is 0 Å². The Morgan fingerprint density at radius 1 is 1.13 bits per heavy atom. The molecule has 0 bridgehead atoms. The van der Waals surface area contributed by atoms with Crippen molar-refractivity contribution in [1.82, 2.24) is 9.29 Å². The highest BCUT2D eigenvalue weighted by atomic mass is 35.5. The standard InChI is InChI=1S/C16H20ClN3O2S/c1-3-20(4-2)23(21,22)14-7-5-13(6-8-14)11-19-16-9-10-18-12-15(16)17/h5-10,12H,3-4,11H2,1-2H3,(H,18,19). The van der Waals surface area contributed by atoms with Gasteiger partial charge in [0, 0.05) is 32.0 Å². The van der Waals surface area contributed by atoms with E-state index >= 15 is 0 Å². The molecule has 1 aromatic heterocycles. The van der Waals surface area contributed by atoms with Crippen LogP contribution in [-0.4, -0.2) is 30.8 Å². The van der Waals surface area contributed by atoms with E-state index in [4.69, 9.17) is 11.6 Å². The van der Waals surface area contributed by atoms with Crippen molar-refractivity contribution in [2.24, 2.45) is 0 Å². The van der Waals surface area contributed by atoms with Gasteiger partial charge >= 0.3 is 0 Å². The minimum atomic E-state index is -3.41. The average molecular weight is 354 g/mol. The Bertz CT molecular complexity index is 744. The van der Waals surface area contributed by atoms with Crippen LogP contribution in [0.2, 0.25) is 5.02 Å². The fourth-order valence-electron chi connectivity index (χ4n) is 2.21. The zero-order valence-corrected chi connectivity index (χ0v) is 14.7. The van der Waals surface area contributed by atoms with Gasteiger partial charge in [0.2, 0.25) is 10.0 Å².